The lowest BCUT2D eigenvalue weighted by molar-refractivity contribution is 0.00828. The highest BCUT2D eigenvalue weighted by atomic mass is 35.5. The van der Waals surface area contributed by atoms with Crippen LogP contribution in [0.3, 0.4) is 0 Å². The van der Waals surface area contributed by atoms with E-state index in [1.165, 1.54) is 0 Å². The van der Waals surface area contributed by atoms with Crippen LogP contribution in [0.15, 0.2) is 43.0 Å². The molecule has 1 aromatic carbocycles. The van der Waals surface area contributed by atoms with E-state index in [4.69, 9.17) is 11.6 Å². The number of hydrogen-bond acceptors (Lipinski definition) is 3. The van der Waals surface area contributed by atoms with Crippen LogP contribution in [0.25, 0.3) is 0 Å². The Bertz CT molecular complexity index is 595. The van der Waals surface area contributed by atoms with Gasteiger partial charge in [-0.1, -0.05) is 30.7 Å². The van der Waals surface area contributed by atoms with Gasteiger partial charge in [0.1, 0.15) is 5.60 Å². The summed E-state index contributed by atoms with van der Waals surface area (Å²) < 4.78 is 1.85. The molecule has 1 atom stereocenters. The van der Waals surface area contributed by atoms with Gasteiger partial charge in [0.15, 0.2) is 0 Å². The van der Waals surface area contributed by atoms with E-state index in [1.807, 2.05) is 46.8 Å². The Morgan fingerprint density at radius 2 is 2.10 bits per heavy atom. The van der Waals surface area contributed by atoms with Crippen LogP contribution in [0.1, 0.15) is 25.3 Å². The summed E-state index contributed by atoms with van der Waals surface area (Å²) in [4.78, 5) is 4.09. The Balaban J connectivity index is 2.00. The van der Waals surface area contributed by atoms with E-state index in [0.29, 0.717) is 11.6 Å². The molecule has 21 heavy (non-hydrogen) atoms. The summed E-state index contributed by atoms with van der Waals surface area (Å²) in [5, 5.41) is 12.2. The van der Waals surface area contributed by atoms with Gasteiger partial charge in [-0.3, -0.25) is 0 Å². The standard InChI is InChI=1S/C16H19ClN2OS/c1-2-21-15(7-8-15)16(20,11-19-10-9-18-12-19)13-3-5-14(17)6-4-13/h3-6,9-10,12,20H,2,7-8,11H2,1H3. The molecule has 0 spiro atoms. The zero-order chi connectivity index (χ0) is 14.9. The predicted molar refractivity (Wildman–Crippen MR) is 87.7 cm³/mol. The number of hydrogen-bond donors (Lipinski definition) is 1. The lowest BCUT2D eigenvalue weighted by atomic mass is 9.88. The van der Waals surface area contributed by atoms with Crippen LogP contribution in [-0.4, -0.2) is 25.2 Å². The molecule has 0 amide bonds. The first-order chi connectivity index (χ1) is 10.1. The van der Waals surface area contributed by atoms with Crippen LogP contribution in [0, 0.1) is 0 Å². The van der Waals surface area contributed by atoms with Crippen molar-refractivity contribution in [3.05, 3.63) is 53.6 Å². The Kier molecular flexibility index (Phi) is 4.04. The van der Waals surface area contributed by atoms with Crippen molar-refractivity contribution in [3.8, 4) is 0 Å². The fraction of sp³-hybridized carbons (Fsp3) is 0.438. The number of aromatic nitrogens is 2. The quantitative estimate of drug-likeness (QED) is 0.881. The highest BCUT2D eigenvalue weighted by molar-refractivity contribution is 8.01. The second-order valence-corrected chi connectivity index (χ2v) is 7.61. The third-order valence-corrected chi connectivity index (χ3v) is 6.01. The maximum Gasteiger partial charge on any atom is 0.122 e. The third-order valence-electron chi connectivity index (χ3n) is 4.17. The molecule has 0 saturated heterocycles. The SMILES string of the molecule is CCSC1(C(O)(Cn2ccnc2)c2ccc(Cl)cc2)CC1. The molecule has 0 aliphatic heterocycles. The summed E-state index contributed by atoms with van der Waals surface area (Å²) in [6.45, 7) is 2.66. The highest BCUT2D eigenvalue weighted by Crippen LogP contribution is 2.60. The predicted octanol–water partition coefficient (Wildman–Crippen LogP) is 3.71. The zero-order valence-electron chi connectivity index (χ0n) is 12.0. The van der Waals surface area contributed by atoms with Crippen LogP contribution in [0.4, 0.5) is 0 Å². The second kappa shape index (κ2) is 5.67. The molecule has 1 fully saturated rings. The third kappa shape index (κ3) is 2.72. The average molecular weight is 323 g/mol. The van der Waals surface area contributed by atoms with Crippen molar-refractivity contribution in [2.75, 3.05) is 5.75 Å². The summed E-state index contributed by atoms with van der Waals surface area (Å²) in [6.07, 6.45) is 7.48. The molecule has 1 aliphatic rings. The van der Waals surface area contributed by atoms with Gasteiger partial charge < -0.3 is 9.67 Å². The van der Waals surface area contributed by atoms with Crippen LogP contribution >= 0.6 is 23.4 Å². The largest absolute Gasteiger partial charge is 0.382 e. The number of imidazole rings is 1. The summed E-state index contributed by atoms with van der Waals surface area (Å²) in [5.74, 6) is 1.000. The Morgan fingerprint density at radius 1 is 1.38 bits per heavy atom. The first-order valence-corrected chi connectivity index (χ1v) is 8.54. The van der Waals surface area contributed by atoms with Crippen molar-refractivity contribution in [1.82, 2.24) is 9.55 Å². The van der Waals surface area contributed by atoms with Crippen LogP contribution in [-0.2, 0) is 12.1 Å². The second-order valence-electron chi connectivity index (χ2n) is 5.53. The molecule has 3 nitrogen and oxygen atoms in total. The number of rotatable bonds is 6. The molecule has 0 radical (unpaired) electrons. The highest BCUT2D eigenvalue weighted by Gasteiger charge is 2.59. The van der Waals surface area contributed by atoms with E-state index in [-0.39, 0.29) is 4.75 Å². The van der Waals surface area contributed by atoms with Gasteiger partial charge in [0.2, 0.25) is 0 Å². The van der Waals surface area contributed by atoms with Gasteiger partial charge >= 0.3 is 0 Å². The topological polar surface area (TPSA) is 38.0 Å². The molecule has 1 heterocycles. The first-order valence-electron chi connectivity index (χ1n) is 7.18. The van der Waals surface area contributed by atoms with Crippen molar-refractivity contribution >= 4 is 23.4 Å². The fourth-order valence-corrected chi connectivity index (χ4v) is 4.43. The molecule has 3 rings (SSSR count). The average Bonchev–Trinajstić information content (AvgIpc) is 3.09. The molecular weight excluding hydrogens is 304 g/mol. The van der Waals surface area contributed by atoms with Gasteiger partial charge in [-0.2, -0.15) is 11.8 Å². The molecular formula is C16H19ClN2OS. The van der Waals surface area contributed by atoms with Crippen molar-refractivity contribution in [1.29, 1.82) is 0 Å². The van der Waals surface area contributed by atoms with Gasteiger partial charge in [0.25, 0.3) is 0 Å². The van der Waals surface area contributed by atoms with E-state index in [2.05, 4.69) is 11.9 Å². The summed E-state index contributed by atoms with van der Waals surface area (Å²) in [5.41, 5.74) is 0.0259. The van der Waals surface area contributed by atoms with Gasteiger partial charge in [-0.15, -0.1) is 0 Å². The Labute approximate surface area is 134 Å². The molecule has 1 aromatic heterocycles. The minimum Gasteiger partial charge on any atom is -0.382 e. The number of aliphatic hydroxyl groups is 1. The monoisotopic (exact) mass is 322 g/mol. The van der Waals surface area contributed by atoms with Crippen molar-refractivity contribution in [2.24, 2.45) is 0 Å². The molecule has 1 unspecified atom stereocenters. The van der Waals surface area contributed by atoms with E-state index in [9.17, 15) is 5.11 Å². The van der Waals surface area contributed by atoms with Crippen LogP contribution < -0.4 is 0 Å². The van der Waals surface area contributed by atoms with Gasteiger partial charge in [-0.25, -0.2) is 4.98 Å². The maximum absolute atomic E-state index is 11.6. The molecule has 1 saturated carbocycles. The van der Waals surface area contributed by atoms with Crippen LogP contribution in [0.2, 0.25) is 5.02 Å². The molecule has 2 aromatic rings. The minimum absolute atomic E-state index is 0.0974. The minimum atomic E-state index is -0.904. The van der Waals surface area contributed by atoms with E-state index in [0.717, 1.165) is 24.2 Å². The van der Waals surface area contributed by atoms with Gasteiger partial charge in [0, 0.05) is 17.4 Å². The van der Waals surface area contributed by atoms with E-state index < -0.39 is 5.60 Å². The molecule has 112 valence electrons. The van der Waals surface area contributed by atoms with E-state index >= 15 is 0 Å². The van der Waals surface area contributed by atoms with Gasteiger partial charge in [0.05, 0.1) is 17.6 Å². The maximum atomic E-state index is 11.6. The summed E-state index contributed by atoms with van der Waals surface area (Å²) in [6, 6.07) is 7.58. The summed E-state index contributed by atoms with van der Waals surface area (Å²) >= 11 is 7.85. The lowest BCUT2D eigenvalue weighted by Crippen LogP contribution is -2.43. The Morgan fingerprint density at radius 3 is 2.62 bits per heavy atom. The van der Waals surface area contributed by atoms with Crippen molar-refractivity contribution in [2.45, 2.75) is 36.7 Å². The number of thioether (sulfide) groups is 1. The van der Waals surface area contributed by atoms with Crippen molar-refractivity contribution < 1.29 is 5.11 Å². The lowest BCUT2D eigenvalue weighted by Gasteiger charge is -2.37. The summed E-state index contributed by atoms with van der Waals surface area (Å²) in [7, 11) is 0. The molecule has 1 N–H and O–H groups in total. The van der Waals surface area contributed by atoms with Crippen LogP contribution in [0.5, 0.6) is 0 Å². The van der Waals surface area contributed by atoms with Crippen molar-refractivity contribution in [3.63, 3.8) is 0 Å². The number of benzene rings is 1. The fourth-order valence-electron chi connectivity index (χ4n) is 2.94. The number of nitrogens with zero attached hydrogens (tertiary/aromatic N) is 2. The molecule has 5 heteroatoms. The zero-order valence-corrected chi connectivity index (χ0v) is 13.6. The number of halogens is 1. The smallest absolute Gasteiger partial charge is 0.122 e. The Hall–Kier alpha value is -0.970. The normalized spacial score (nSPS) is 19.2. The van der Waals surface area contributed by atoms with Gasteiger partial charge in [-0.05, 0) is 36.3 Å². The molecule has 0 bridgehead atoms. The van der Waals surface area contributed by atoms with E-state index in [1.54, 1.807) is 12.5 Å². The first kappa shape index (κ1) is 14.9. The molecule has 1 aliphatic carbocycles.